The van der Waals surface area contributed by atoms with Gasteiger partial charge in [0, 0.05) is 96.4 Å². The monoisotopic (exact) mass is 1250 g/mol. The van der Waals surface area contributed by atoms with Gasteiger partial charge in [-0.1, -0.05) is 170 Å². The van der Waals surface area contributed by atoms with Crippen molar-refractivity contribution >= 4 is 43.6 Å². The summed E-state index contributed by atoms with van der Waals surface area (Å²) >= 11 is 0. The molecule has 0 fully saturated rings. The Labute approximate surface area is 537 Å². The average Bonchev–Trinajstić information content (AvgIpc) is 1.61. The first-order valence-electron chi connectivity index (χ1n) is 30.3. The first-order chi connectivity index (χ1) is 46.3. The second kappa shape index (κ2) is 23.2. The van der Waals surface area contributed by atoms with E-state index in [4.69, 9.17) is 19.9 Å². The molecule has 95 heavy (non-hydrogen) atoms. The van der Waals surface area contributed by atoms with Gasteiger partial charge in [0.05, 0.1) is 67.3 Å². The summed E-state index contributed by atoms with van der Waals surface area (Å²) in [6.45, 7) is 0. The van der Waals surface area contributed by atoms with Crippen LogP contribution in [0, 0.1) is 29.1 Å². The number of halogens is 8. The molecule has 16 rings (SSSR count). The van der Waals surface area contributed by atoms with E-state index in [1.165, 1.54) is 9.13 Å². The Morgan fingerprint density at radius 2 is 0.526 bits per heavy atom. The smallest absolute Gasteiger partial charge is 0.309 e. The lowest BCUT2D eigenvalue weighted by molar-refractivity contribution is -0.137. The lowest BCUT2D eigenvalue weighted by Gasteiger charge is -2.23. The Balaban J connectivity index is 0.942. The van der Waals surface area contributed by atoms with Gasteiger partial charge in [0.25, 0.3) is 0 Å². The molecule has 6 nitrogen and oxygen atoms in total. The Morgan fingerprint density at radius 3 is 0.800 bits per heavy atom. The van der Waals surface area contributed by atoms with Crippen LogP contribution in [0.3, 0.4) is 0 Å². The van der Waals surface area contributed by atoms with Crippen molar-refractivity contribution in [1.82, 2.24) is 29.1 Å². The Bertz CT molecular complexity index is 5340. The van der Waals surface area contributed by atoms with Crippen LogP contribution < -0.4 is 0 Å². The molecule has 14 heteroatoms. The maximum atomic E-state index is 17.1. The van der Waals surface area contributed by atoms with Crippen LogP contribution in [0.2, 0.25) is 0 Å². The van der Waals surface area contributed by atoms with Crippen molar-refractivity contribution in [2.45, 2.75) is 6.18 Å². The van der Waals surface area contributed by atoms with E-state index in [0.717, 1.165) is 45.8 Å². The molecule has 0 atom stereocenters. The quantitative estimate of drug-likeness (QED) is 0.0735. The van der Waals surface area contributed by atoms with Crippen molar-refractivity contribution in [2.24, 2.45) is 0 Å². The first-order valence-corrected chi connectivity index (χ1v) is 30.3. The van der Waals surface area contributed by atoms with Crippen LogP contribution in [0.4, 0.5) is 35.1 Å². The summed E-state index contributed by atoms with van der Waals surface area (Å²) in [7, 11) is 0. The van der Waals surface area contributed by atoms with Gasteiger partial charge in [0.1, 0.15) is 0 Å². The third kappa shape index (κ3) is 10.2. The predicted molar refractivity (Wildman–Crippen MR) is 360 cm³/mol. The third-order valence-corrected chi connectivity index (χ3v) is 17.6. The molecule has 10 aromatic carbocycles. The maximum absolute atomic E-state index is 17.1. The van der Waals surface area contributed by atoms with Gasteiger partial charge in [-0.25, -0.2) is 22.0 Å². The minimum absolute atomic E-state index is 0.225. The van der Waals surface area contributed by atoms with Gasteiger partial charge in [-0.2, -0.15) is 13.2 Å². The molecule has 6 heterocycles. The van der Waals surface area contributed by atoms with E-state index in [1.807, 2.05) is 194 Å². The van der Waals surface area contributed by atoms with Gasteiger partial charge in [-0.3, -0.25) is 19.9 Å². The molecule has 0 amide bonds. The standard InChI is InChI=1S/C81H46F8N6/c82-76-75(77(83)79(85)80(86)78(76)84)63-41-74(95-71-35-27-53(57-23-31-67(92-45-57)49-17-9-3-10-18-49)39-61(71)62-40-54(28-36-72(62)95)58-24-32-68(93-46-58)50-19-11-4-12-20-50)64(81(87,88)89)42-73(63)94-69-33-25-51(55-21-29-65(90-43-55)47-13-5-1-6-14-47)37-59(69)60-38-52(26-34-70(60)94)56-22-30-66(91-44-56)48-15-7-2-8-16-48/h1-46H. The van der Waals surface area contributed by atoms with Gasteiger partial charge >= 0.3 is 6.18 Å². The lowest BCUT2D eigenvalue weighted by Crippen LogP contribution is -2.14. The van der Waals surface area contributed by atoms with Gasteiger partial charge in [0.15, 0.2) is 23.3 Å². The van der Waals surface area contributed by atoms with Crippen molar-refractivity contribution in [3.63, 3.8) is 0 Å². The fourth-order valence-electron chi connectivity index (χ4n) is 12.9. The van der Waals surface area contributed by atoms with Crippen LogP contribution in [0.25, 0.3) is 156 Å². The summed E-state index contributed by atoms with van der Waals surface area (Å²) in [6.07, 6.45) is 1.60. The maximum Gasteiger partial charge on any atom is 0.418 e. The molecule has 0 aliphatic heterocycles. The second-order valence-electron chi connectivity index (χ2n) is 23.1. The van der Waals surface area contributed by atoms with E-state index < -0.39 is 63.3 Å². The van der Waals surface area contributed by atoms with Crippen molar-refractivity contribution in [3.05, 3.63) is 314 Å². The van der Waals surface area contributed by atoms with E-state index in [2.05, 4.69) is 0 Å². The molecule has 6 aromatic heterocycles. The number of pyridine rings is 4. The molecule has 0 aliphatic rings. The summed E-state index contributed by atoms with van der Waals surface area (Å²) in [5.41, 5.74) is 8.15. The molecule has 0 N–H and O–H groups in total. The Kier molecular flexibility index (Phi) is 14.2. The Morgan fingerprint density at radius 1 is 0.253 bits per heavy atom. The number of hydrogen-bond donors (Lipinski definition) is 0. The lowest BCUT2D eigenvalue weighted by atomic mass is 9.97. The van der Waals surface area contributed by atoms with Crippen LogP contribution in [-0.4, -0.2) is 29.1 Å². The third-order valence-electron chi connectivity index (χ3n) is 17.6. The van der Waals surface area contributed by atoms with Crippen molar-refractivity contribution in [3.8, 4) is 112 Å². The Hall–Kier alpha value is -12.2. The zero-order valence-electron chi connectivity index (χ0n) is 49.8. The second-order valence-corrected chi connectivity index (χ2v) is 23.1. The van der Waals surface area contributed by atoms with Crippen LogP contribution >= 0.6 is 0 Å². The van der Waals surface area contributed by atoms with E-state index in [0.29, 0.717) is 77.4 Å². The summed E-state index contributed by atoms with van der Waals surface area (Å²) < 4.78 is 135. The highest BCUT2D eigenvalue weighted by molar-refractivity contribution is 6.14. The number of aromatic nitrogens is 6. The summed E-state index contributed by atoms with van der Waals surface area (Å²) in [5, 5.41) is 1.90. The number of hydrogen-bond acceptors (Lipinski definition) is 4. The average molecular weight is 1260 g/mol. The zero-order valence-corrected chi connectivity index (χ0v) is 49.8. The topological polar surface area (TPSA) is 61.4 Å². The molecule has 0 aliphatic carbocycles. The zero-order chi connectivity index (χ0) is 64.6. The van der Waals surface area contributed by atoms with Crippen LogP contribution in [0.1, 0.15) is 5.56 Å². The fraction of sp³-hybridized carbons (Fsp3) is 0.0123. The molecule has 16 aromatic rings. The summed E-state index contributed by atoms with van der Waals surface area (Å²) in [5.74, 6) is -11.5. The van der Waals surface area contributed by atoms with Gasteiger partial charge < -0.3 is 9.13 Å². The van der Waals surface area contributed by atoms with Crippen LogP contribution in [0.15, 0.2) is 280 Å². The summed E-state index contributed by atoms with van der Waals surface area (Å²) in [6, 6.07) is 76.0. The number of rotatable bonds is 11. The van der Waals surface area contributed by atoms with Crippen molar-refractivity contribution in [2.75, 3.05) is 0 Å². The minimum atomic E-state index is -5.24. The van der Waals surface area contributed by atoms with Gasteiger partial charge in [0.2, 0.25) is 5.82 Å². The molecule has 0 spiro atoms. The van der Waals surface area contributed by atoms with Crippen LogP contribution in [0.5, 0.6) is 0 Å². The van der Waals surface area contributed by atoms with Crippen LogP contribution in [-0.2, 0) is 6.18 Å². The van der Waals surface area contributed by atoms with E-state index in [1.54, 1.807) is 73.3 Å². The van der Waals surface area contributed by atoms with E-state index in [-0.39, 0.29) is 22.1 Å². The number of alkyl halides is 3. The fourth-order valence-corrected chi connectivity index (χ4v) is 12.9. The largest absolute Gasteiger partial charge is 0.418 e. The summed E-state index contributed by atoms with van der Waals surface area (Å²) in [4.78, 5) is 19.0. The molecule has 0 unspecified atom stereocenters. The number of nitrogens with zero attached hydrogens (tertiary/aromatic N) is 6. The molecule has 0 bridgehead atoms. The molecule has 456 valence electrons. The molecular formula is C81H46F8N6. The first kappa shape index (κ1) is 58.0. The normalized spacial score (nSPS) is 11.8. The van der Waals surface area contributed by atoms with E-state index in [9.17, 15) is 0 Å². The molecule has 0 saturated heterocycles. The predicted octanol–water partition coefficient (Wildman–Crippen LogP) is 22.2. The highest BCUT2D eigenvalue weighted by atomic mass is 19.4. The number of benzene rings is 10. The van der Waals surface area contributed by atoms with Gasteiger partial charge in [-0.05, 0) is 107 Å². The number of fused-ring (bicyclic) bond motifs is 6. The molecule has 0 radical (unpaired) electrons. The van der Waals surface area contributed by atoms with E-state index >= 15 is 35.1 Å². The highest BCUT2D eigenvalue weighted by Crippen LogP contribution is 2.48. The van der Waals surface area contributed by atoms with Crippen molar-refractivity contribution in [1.29, 1.82) is 0 Å². The van der Waals surface area contributed by atoms with Crippen molar-refractivity contribution < 1.29 is 35.1 Å². The van der Waals surface area contributed by atoms with Gasteiger partial charge in [-0.15, -0.1) is 0 Å². The SMILES string of the molecule is Fc1c(F)c(F)c(-c2cc(-n3c4ccc(-c5ccc(-c6ccccc6)nc5)cc4c4cc(-c5ccc(-c6ccccc6)nc5)ccc43)c(C(F)(F)F)cc2-n2c3ccc(-c4ccc(-c5ccccc5)nc4)cc3c3cc(-c4ccc(-c5ccccc5)nc4)ccc32)c(F)c1F. The molecular weight excluding hydrogens is 1210 g/mol. The highest BCUT2D eigenvalue weighted by Gasteiger charge is 2.39. The molecule has 0 saturated carbocycles. The minimum Gasteiger partial charge on any atom is -0.309 e.